The molecule has 3 unspecified atom stereocenters. The lowest BCUT2D eigenvalue weighted by molar-refractivity contribution is -0.870. The van der Waals surface area contributed by atoms with Crippen LogP contribution < -0.4 is 10.2 Å². The molecule has 0 aromatic carbocycles. The standard InChI is InChI=1S/C42H81N2O6P/c1-6-7-8-9-10-11-12-13-14-15-16-17-18-19-20-21-22-23-24-25-26-27-28-29-30-31-32-33-34-35-36-42(46)41(43-40(2)45)39-50-51(47,48)49-38-37-44(3,4)5/h27-28,31-32,35-36,41-42,46H,6-26,29-30,33-34,37-39H2,1-5H3,(H-,43,45,47,48)/b28-27+,32-31+,36-35+. The number of hydrogen-bond donors (Lipinski definition) is 2. The van der Waals surface area contributed by atoms with E-state index in [0.717, 1.165) is 25.7 Å². The minimum atomic E-state index is -4.55. The topological polar surface area (TPSA) is 108 Å². The normalized spacial score (nSPS) is 14.9. The summed E-state index contributed by atoms with van der Waals surface area (Å²) < 4.78 is 22.5. The van der Waals surface area contributed by atoms with Crippen molar-refractivity contribution in [2.24, 2.45) is 0 Å². The molecule has 0 saturated carbocycles. The smallest absolute Gasteiger partial charge is 0.268 e. The predicted molar refractivity (Wildman–Crippen MR) is 215 cm³/mol. The first-order valence-electron chi connectivity index (χ1n) is 20.8. The van der Waals surface area contributed by atoms with Crippen molar-refractivity contribution in [1.29, 1.82) is 0 Å². The maximum atomic E-state index is 12.1. The first-order chi connectivity index (χ1) is 24.5. The summed E-state index contributed by atoms with van der Waals surface area (Å²) in [5.41, 5.74) is 0. The molecule has 1 amide bonds. The highest BCUT2D eigenvalue weighted by molar-refractivity contribution is 7.45. The van der Waals surface area contributed by atoms with Gasteiger partial charge >= 0.3 is 0 Å². The molecule has 0 aromatic rings. The molecular formula is C42H81N2O6P. The lowest BCUT2D eigenvalue weighted by Gasteiger charge is -2.29. The van der Waals surface area contributed by atoms with Crippen molar-refractivity contribution in [3.05, 3.63) is 36.5 Å². The summed E-state index contributed by atoms with van der Waals surface area (Å²) in [6.07, 6.45) is 44.4. The van der Waals surface area contributed by atoms with Crippen LogP contribution in [0.15, 0.2) is 36.5 Å². The van der Waals surface area contributed by atoms with E-state index < -0.39 is 26.6 Å². The first-order valence-corrected chi connectivity index (χ1v) is 22.3. The van der Waals surface area contributed by atoms with Gasteiger partial charge in [0.2, 0.25) is 5.91 Å². The van der Waals surface area contributed by atoms with Gasteiger partial charge < -0.3 is 28.8 Å². The summed E-state index contributed by atoms with van der Waals surface area (Å²) in [6.45, 7) is 3.66. The highest BCUT2D eigenvalue weighted by atomic mass is 31.2. The molecule has 3 atom stereocenters. The van der Waals surface area contributed by atoms with Crippen molar-refractivity contribution in [3.8, 4) is 0 Å². The highest BCUT2D eigenvalue weighted by Crippen LogP contribution is 2.38. The molecule has 2 N–H and O–H groups in total. The first kappa shape index (κ1) is 49.7. The van der Waals surface area contributed by atoms with Gasteiger partial charge in [0.05, 0.1) is 39.9 Å². The average Bonchev–Trinajstić information content (AvgIpc) is 3.06. The van der Waals surface area contributed by atoms with E-state index in [1.54, 1.807) is 6.08 Å². The Bertz CT molecular complexity index is 933. The zero-order chi connectivity index (χ0) is 37.9. The number of quaternary nitrogens is 1. The van der Waals surface area contributed by atoms with Crippen LogP contribution in [0.3, 0.4) is 0 Å². The monoisotopic (exact) mass is 741 g/mol. The molecule has 300 valence electrons. The van der Waals surface area contributed by atoms with E-state index in [1.165, 1.54) is 142 Å². The highest BCUT2D eigenvalue weighted by Gasteiger charge is 2.22. The van der Waals surface area contributed by atoms with Crippen molar-refractivity contribution in [3.63, 3.8) is 0 Å². The fraction of sp³-hybridized carbons (Fsp3) is 0.833. The number of likely N-dealkylation sites (N-methyl/N-ethyl adjacent to an activating group) is 1. The van der Waals surface area contributed by atoms with E-state index in [-0.39, 0.29) is 12.5 Å². The SMILES string of the molecule is CCCCCCCCCCCCCCCCCCCCCC/C=C/CC/C=C/CC/C=C/C(O)C(COP(=O)([O-])OCC[N+](C)(C)C)NC(C)=O. The van der Waals surface area contributed by atoms with Crippen LogP contribution in [0.1, 0.15) is 174 Å². The number of hydrogen-bond acceptors (Lipinski definition) is 6. The van der Waals surface area contributed by atoms with Crippen LogP contribution >= 0.6 is 7.82 Å². The zero-order valence-corrected chi connectivity index (χ0v) is 34.7. The van der Waals surface area contributed by atoms with Gasteiger partial charge in [0.1, 0.15) is 13.2 Å². The molecule has 0 aromatic heterocycles. The molecule has 9 heteroatoms. The largest absolute Gasteiger partial charge is 0.756 e. The van der Waals surface area contributed by atoms with Crippen LogP contribution in [0.2, 0.25) is 0 Å². The number of carbonyl (C=O) groups is 1. The third-order valence-corrected chi connectivity index (χ3v) is 10.1. The van der Waals surface area contributed by atoms with Crippen molar-refractivity contribution >= 4 is 13.7 Å². The van der Waals surface area contributed by atoms with Crippen molar-refractivity contribution in [1.82, 2.24) is 5.32 Å². The summed E-state index contributed by atoms with van der Waals surface area (Å²) >= 11 is 0. The summed E-state index contributed by atoms with van der Waals surface area (Å²) in [5, 5.41) is 13.1. The number of phosphoric acid groups is 1. The van der Waals surface area contributed by atoms with Gasteiger partial charge in [0, 0.05) is 6.92 Å². The van der Waals surface area contributed by atoms with Crippen LogP contribution in [0.25, 0.3) is 0 Å². The summed E-state index contributed by atoms with van der Waals surface area (Å²) in [7, 11) is 1.22. The third kappa shape index (κ3) is 38.3. The van der Waals surface area contributed by atoms with Gasteiger partial charge in [-0.3, -0.25) is 9.36 Å². The van der Waals surface area contributed by atoms with Gasteiger partial charge in [-0.1, -0.05) is 165 Å². The van der Waals surface area contributed by atoms with E-state index in [1.807, 2.05) is 27.2 Å². The number of phosphoric ester groups is 1. The quantitative estimate of drug-likeness (QED) is 0.0284. The predicted octanol–water partition coefficient (Wildman–Crippen LogP) is 10.5. The molecular weight excluding hydrogens is 659 g/mol. The summed E-state index contributed by atoms with van der Waals surface area (Å²) in [4.78, 5) is 23.7. The van der Waals surface area contributed by atoms with E-state index in [4.69, 9.17) is 9.05 Å². The number of carbonyl (C=O) groups excluding carboxylic acids is 1. The number of nitrogens with one attached hydrogen (secondary N) is 1. The number of amides is 1. The average molecular weight is 741 g/mol. The minimum Gasteiger partial charge on any atom is -0.756 e. The van der Waals surface area contributed by atoms with Gasteiger partial charge in [0.25, 0.3) is 7.82 Å². The Kier molecular flexibility index (Phi) is 33.6. The zero-order valence-electron chi connectivity index (χ0n) is 33.8. The van der Waals surface area contributed by atoms with Gasteiger partial charge in [-0.25, -0.2) is 0 Å². The number of allylic oxidation sites excluding steroid dienone is 5. The Morgan fingerprint density at radius 2 is 1.06 bits per heavy atom. The second kappa shape index (κ2) is 34.5. The van der Waals surface area contributed by atoms with Crippen molar-refractivity contribution in [2.45, 2.75) is 187 Å². The van der Waals surface area contributed by atoms with Gasteiger partial charge in [-0.2, -0.15) is 0 Å². The Hall–Kier alpha value is -1.28. The van der Waals surface area contributed by atoms with Crippen LogP contribution in [0, 0.1) is 0 Å². The number of rotatable bonds is 37. The fourth-order valence-corrected chi connectivity index (χ4v) is 6.59. The van der Waals surface area contributed by atoms with Gasteiger partial charge in [-0.15, -0.1) is 0 Å². The number of unbranched alkanes of at least 4 members (excludes halogenated alkanes) is 22. The van der Waals surface area contributed by atoms with Crippen LogP contribution in [0.5, 0.6) is 0 Å². The Morgan fingerprint density at radius 1 is 0.667 bits per heavy atom. The van der Waals surface area contributed by atoms with Crippen molar-refractivity contribution in [2.75, 3.05) is 40.9 Å². The number of aliphatic hydroxyl groups is 1. The van der Waals surface area contributed by atoms with Crippen molar-refractivity contribution < 1.29 is 32.9 Å². The molecule has 0 rings (SSSR count). The molecule has 0 saturated heterocycles. The van der Waals surface area contributed by atoms with E-state index in [9.17, 15) is 19.4 Å². The van der Waals surface area contributed by atoms with Gasteiger partial charge in [0.15, 0.2) is 0 Å². The van der Waals surface area contributed by atoms with Crippen LogP contribution in [-0.2, 0) is 18.4 Å². The molecule has 0 bridgehead atoms. The van der Waals surface area contributed by atoms with E-state index >= 15 is 0 Å². The summed E-state index contributed by atoms with van der Waals surface area (Å²) in [5.74, 6) is -0.388. The summed E-state index contributed by atoms with van der Waals surface area (Å²) in [6, 6.07) is -0.908. The molecule has 0 fully saturated rings. The van der Waals surface area contributed by atoms with E-state index in [2.05, 4.69) is 36.5 Å². The third-order valence-electron chi connectivity index (χ3n) is 9.12. The van der Waals surface area contributed by atoms with Crippen LogP contribution in [0.4, 0.5) is 0 Å². The molecule has 0 spiro atoms. The molecule has 0 radical (unpaired) electrons. The molecule has 0 heterocycles. The Labute approximate surface area is 315 Å². The molecule has 0 aliphatic carbocycles. The minimum absolute atomic E-state index is 0.0129. The molecule has 51 heavy (non-hydrogen) atoms. The Morgan fingerprint density at radius 3 is 1.47 bits per heavy atom. The molecule has 0 aliphatic heterocycles. The fourth-order valence-electron chi connectivity index (χ4n) is 5.87. The Balaban J connectivity index is 3.73. The van der Waals surface area contributed by atoms with E-state index in [0.29, 0.717) is 11.0 Å². The lowest BCUT2D eigenvalue weighted by Crippen LogP contribution is -2.45. The molecule has 8 nitrogen and oxygen atoms in total. The maximum Gasteiger partial charge on any atom is 0.268 e. The lowest BCUT2D eigenvalue weighted by atomic mass is 10.0. The number of aliphatic hydroxyl groups excluding tert-OH is 1. The second-order valence-corrected chi connectivity index (χ2v) is 16.8. The van der Waals surface area contributed by atoms with Gasteiger partial charge in [-0.05, 0) is 38.5 Å². The number of nitrogens with zero attached hydrogens (tertiary/aromatic N) is 1. The van der Waals surface area contributed by atoms with Crippen LogP contribution in [-0.4, -0.2) is 68.5 Å². The molecule has 0 aliphatic rings. The maximum absolute atomic E-state index is 12.1. The second-order valence-electron chi connectivity index (χ2n) is 15.4.